The van der Waals surface area contributed by atoms with Gasteiger partial charge >= 0.3 is 0 Å². The lowest BCUT2D eigenvalue weighted by Gasteiger charge is -2.28. The zero-order valence-corrected chi connectivity index (χ0v) is 50.4. The van der Waals surface area contributed by atoms with E-state index in [0.29, 0.717) is 0 Å². The first-order chi connectivity index (χ1) is 45.6. The molecule has 7 nitrogen and oxygen atoms in total. The van der Waals surface area contributed by atoms with Crippen LogP contribution in [-0.2, 0) is 0 Å². The summed E-state index contributed by atoms with van der Waals surface area (Å²) in [6, 6.07) is 110. The molecule has 0 radical (unpaired) electrons. The summed E-state index contributed by atoms with van der Waals surface area (Å²) in [7, 11) is 0. The number of para-hydroxylation sites is 10. The molecule has 7 heteroatoms. The first kappa shape index (κ1) is 50.8. The quantitative estimate of drug-likeness (QED) is 0.157. The van der Waals surface area contributed by atoms with Crippen molar-refractivity contribution in [3.05, 3.63) is 308 Å². The van der Waals surface area contributed by atoms with Crippen molar-refractivity contribution in [3.8, 4) is 45.5 Å². The number of benzene rings is 13. The molecule has 0 aliphatic heterocycles. The van der Waals surface area contributed by atoms with Crippen LogP contribution < -0.4 is 0 Å². The van der Waals surface area contributed by atoms with Gasteiger partial charge < -0.3 is 18.3 Å². The Kier molecular flexibility index (Phi) is 10.6. The number of hydrogen-bond acceptors (Lipinski definition) is 1. The van der Waals surface area contributed by atoms with Gasteiger partial charge in [-0.3, -0.25) is 9.13 Å². The highest BCUT2D eigenvalue weighted by Gasteiger charge is 2.34. The molecule has 0 saturated carbocycles. The Morgan fingerprint density at radius 1 is 0.196 bits per heavy atom. The summed E-state index contributed by atoms with van der Waals surface area (Å²) in [4.78, 5) is 6.57. The number of nitrogens with zero attached hydrogens (tertiary/aromatic N) is 7. The van der Waals surface area contributed by atoms with Crippen molar-refractivity contribution in [2.24, 2.45) is 0 Å². The van der Waals surface area contributed by atoms with Gasteiger partial charge in [-0.05, 0) is 128 Å². The minimum absolute atomic E-state index is 0.804. The van der Waals surface area contributed by atoms with E-state index in [2.05, 4.69) is 339 Å². The number of fused-ring (bicyclic) bond motifs is 18. The summed E-state index contributed by atoms with van der Waals surface area (Å²) in [5.74, 6) is 1.62. The fourth-order valence-corrected chi connectivity index (χ4v) is 16.1. The van der Waals surface area contributed by atoms with Gasteiger partial charge in [0.15, 0.2) is 11.6 Å². The molecule has 0 atom stereocenters. The monoisotopic (exact) mass is 1170 g/mol. The Hall–Kier alpha value is -12.2. The van der Waals surface area contributed by atoms with E-state index in [1.807, 2.05) is 0 Å². The van der Waals surface area contributed by atoms with Crippen molar-refractivity contribution in [2.45, 2.75) is 13.8 Å². The van der Waals surface area contributed by atoms with Crippen LogP contribution in [0.3, 0.4) is 0 Å². The normalized spacial score (nSPS) is 12.2. The van der Waals surface area contributed by atoms with Gasteiger partial charge in [0.05, 0.1) is 66.2 Å². The maximum atomic E-state index is 6.57. The van der Waals surface area contributed by atoms with Crippen LogP contribution in [0.4, 0.5) is 0 Å². The van der Waals surface area contributed by atoms with Crippen LogP contribution in [0.1, 0.15) is 11.1 Å². The topological polar surface area (TPSA) is 42.5 Å². The molecule has 0 N–H and O–H groups in total. The van der Waals surface area contributed by atoms with E-state index in [-0.39, 0.29) is 0 Å². The third kappa shape index (κ3) is 6.91. The van der Waals surface area contributed by atoms with Crippen molar-refractivity contribution in [3.63, 3.8) is 0 Å². The number of aromatic nitrogens is 7. The fourth-order valence-electron chi connectivity index (χ4n) is 16.1. The van der Waals surface area contributed by atoms with Crippen LogP contribution in [0.2, 0.25) is 0 Å². The molecule has 0 bridgehead atoms. The van der Waals surface area contributed by atoms with Gasteiger partial charge in [-0.1, -0.05) is 200 Å². The predicted octanol–water partition coefficient (Wildman–Crippen LogP) is 21.9. The minimum Gasteiger partial charge on any atom is -0.309 e. The van der Waals surface area contributed by atoms with Gasteiger partial charge in [-0.2, -0.15) is 0 Å². The smallest absolute Gasteiger partial charge is 0.165 e. The number of aryl methyl sites for hydroxylation is 2. The Labute approximate surface area is 527 Å². The Morgan fingerprint density at radius 2 is 0.424 bits per heavy atom. The van der Waals surface area contributed by atoms with Crippen LogP contribution >= 0.6 is 0 Å². The summed E-state index contributed by atoms with van der Waals surface area (Å²) in [5, 5.41) is 14.1. The molecule has 0 aliphatic carbocycles. The molecule has 7 aromatic heterocycles. The summed E-state index contributed by atoms with van der Waals surface area (Å²) in [5.41, 5.74) is 21.8. The van der Waals surface area contributed by atoms with Crippen LogP contribution in [-0.4, -0.2) is 32.4 Å². The minimum atomic E-state index is 0.804. The molecule has 20 rings (SSSR count). The Bertz CT molecular complexity index is 6090. The highest BCUT2D eigenvalue weighted by molar-refractivity contribution is 6.18. The van der Waals surface area contributed by atoms with Crippen molar-refractivity contribution in [1.82, 2.24) is 32.4 Å². The number of rotatable bonds is 7. The highest BCUT2D eigenvalue weighted by atomic mass is 15.2. The van der Waals surface area contributed by atoms with Crippen molar-refractivity contribution in [1.29, 1.82) is 0 Å². The largest absolute Gasteiger partial charge is 0.309 e. The molecule has 7 heterocycles. The summed E-state index contributed by atoms with van der Waals surface area (Å²) in [6.07, 6.45) is 0. The number of hydrogen-bond donors (Lipinski definition) is 0. The Morgan fingerprint density at radius 3 is 0.696 bits per heavy atom. The third-order valence-corrected chi connectivity index (χ3v) is 19.9. The van der Waals surface area contributed by atoms with Gasteiger partial charge in [0, 0.05) is 81.6 Å². The van der Waals surface area contributed by atoms with Crippen LogP contribution in [0, 0.1) is 13.8 Å². The maximum Gasteiger partial charge on any atom is 0.165 e. The lowest BCUT2D eigenvalue weighted by molar-refractivity contribution is 0.960. The van der Waals surface area contributed by atoms with Gasteiger partial charge in [0.1, 0.15) is 11.4 Å². The molecule has 0 fully saturated rings. The standard InChI is InChI=1S/C85H55N7/c1-52-24-23-25-53(2)80(52)81-82(89-72-40-17-7-30-60(72)61-31-8-18-41-73(61)89)84(91-74-42-19-9-32-62(74)63-33-10-20-43-75(63)91)86-85(92-76-44-21-11-34-64(76)65-35-12-22-45-77(65)92)83(81)90-78-48-46-54(87-68-36-13-3-26-56(68)57-27-4-14-37-69(57)87)50-66(78)67-51-55(47-49-79(67)90)88-70-38-15-5-28-58(70)59-29-6-16-39-71(59)88/h3-51H,1-2H3. The molecule has 0 aliphatic rings. The van der Waals surface area contributed by atoms with E-state index in [1.54, 1.807) is 0 Å². The fraction of sp³-hybridized carbons (Fsp3) is 0.0235. The zero-order chi connectivity index (χ0) is 60.4. The average Bonchev–Trinajstić information content (AvgIpc) is 1.43. The summed E-state index contributed by atoms with van der Waals surface area (Å²) in [6.45, 7) is 4.59. The van der Waals surface area contributed by atoms with Crippen molar-refractivity contribution < 1.29 is 0 Å². The zero-order valence-electron chi connectivity index (χ0n) is 50.4. The van der Waals surface area contributed by atoms with Crippen LogP contribution in [0.5, 0.6) is 0 Å². The van der Waals surface area contributed by atoms with Gasteiger partial charge in [0.25, 0.3) is 0 Å². The summed E-state index contributed by atoms with van der Waals surface area (Å²) >= 11 is 0. The molecule has 0 spiro atoms. The first-order valence-electron chi connectivity index (χ1n) is 31.7. The second-order valence-electron chi connectivity index (χ2n) is 24.7. The highest BCUT2D eigenvalue weighted by Crippen LogP contribution is 2.51. The van der Waals surface area contributed by atoms with Gasteiger partial charge in [-0.25, -0.2) is 4.98 Å². The molecule has 0 saturated heterocycles. The predicted molar refractivity (Wildman–Crippen MR) is 385 cm³/mol. The van der Waals surface area contributed by atoms with Gasteiger partial charge in [0.2, 0.25) is 0 Å². The first-order valence-corrected chi connectivity index (χ1v) is 31.7. The molecule has 13 aromatic carbocycles. The van der Waals surface area contributed by atoms with Gasteiger partial charge in [-0.15, -0.1) is 0 Å². The van der Waals surface area contributed by atoms with E-state index in [1.165, 1.54) is 32.3 Å². The van der Waals surface area contributed by atoms with Crippen molar-refractivity contribution >= 4 is 131 Å². The van der Waals surface area contributed by atoms with Crippen LogP contribution in [0.25, 0.3) is 176 Å². The average molecular weight is 1170 g/mol. The molecule has 0 amide bonds. The lowest BCUT2D eigenvalue weighted by atomic mass is 9.92. The van der Waals surface area contributed by atoms with E-state index in [4.69, 9.17) is 4.98 Å². The van der Waals surface area contributed by atoms with E-state index in [9.17, 15) is 0 Å². The molecule has 0 unspecified atom stereocenters. The number of pyridine rings is 1. The van der Waals surface area contributed by atoms with Crippen LogP contribution in [0.15, 0.2) is 297 Å². The van der Waals surface area contributed by atoms with E-state index < -0.39 is 0 Å². The second kappa shape index (κ2) is 19.2. The second-order valence-corrected chi connectivity index (χ2v) is 24.7. The lowest BCUT2D eigenvalue weighted by Crippen LogP contribution is -2.16. The third-order valence-electron chi connectivity index (χ3n) is 19.9. The SMILES string of the molecule is Cc1cccc(C)c1-c1c(-n2c3ccccc3c3ccccc32)c(-n2c3ccccc3c3ccccc32)nc(-n2c3ccccc3c3ccccc32)c1-n1c2ccc(-n3c4ccccc4c4ccccc43)cc2c2cc(-n3c4ccccc4c4ccccc43)ccc21. The summed E-state index contributed by atoms with van der Waals surface area (Å²) < 4.78 is 15.0. The molecule has 430 valence electrons. The van der Waals surface area contributed by atoms with Crippen molar-refractivity contribution in [2.75, 3.05) is 0 Å². The Balaban J connectivity index is 1.05. The molecule has 20 aromatic rings. The van der Waals surface area contributed by atoms with E-state index >= 15 is 0 Å². The molecular formula is C85H55N7. The molecular weight excluding hydrogens is 1120 g/mol. The maximum absolute atomic E-state index is 6.57. The molecule has 92 heavy (non-hydrogen) atoms. The van der Waals surface area contributed by atoms with E-state index in [0.717, 1.165) is 155 Å².